The summed E-state index contributed by atoms with van der Waals surface area (Å²) in [5.41, 5.74) is 5.25. The number of amides is 1. The minimum atomic E-state index is -0.565. The highest BCUT2D eigenvalue weighted by Crippen LogP contribution is 2.12. The molecule has 6 nitrogen and oxygen atoms in total. The molecule has 0 aliphatic carbocycles. The minimum absolute atomic E-state index is 0.178. The van der Waals surface area contributed by atoms with E-state index in [1.807, 2.05) is 0 Å². The number of aromatic nitrogens is 2. The van der Waals surface area contributed by atoms with E-state index >= 15 is 0 Å². The lowest BCUT2D eigenvalue weighted by atomic mass is 10.1. The third-order valence-corrected chi connectivity index (χ3v) is 2.48. The van der Waals surface area contributed by atoms with Crippen LogP contribution in [0.2, 0.25) is 0 Å². The van der Waals surface area contributed by atoms with Crippen molar-refractivity contribution >= 4 is 11.7 Å². The second kappa shape index (κ2) is 4.89. The van der Waals surface area contributed by atoms with Gasteiger partial charge in [0, 0.05) is 19.3 Å². The maximum Gasteiger partial charge on any atom is 0.268 e. The predicted molar refractivity (Wildman–Crippen MR) is 58.0 cm³/mol. The topological polar surface area (TPSA) is 90.1 Å². The first kappa shape index (κ1) is 10.8. The monoisotopic (exact) mass is 222 g/mol. The largest absolute Gasteiger partial charge is 0.381 e. The average molecular weight is 222 g/mol. The van der Waals surface area contributed by atoms with Crippen LogP contribution in [0.15, 0.2) is 12.4 Å². The van der Waals surface area contributed by atoms with Crippen LogP contribution in [0.25, 0.3) is 0 Å². The number of nitrogens with one attached hydrogen (secondary N) is 1. The third-order valence-electron chi connectivity index (χ3n) is 2.48. The van der Waals surface area contributed by atoms with Crippen molar-refractivity contribution in [2.24, 2.45) is 5.73 Å². The van der Waals surface area contributed by atoms with Gasteiger partial charge in [-0.25, -0.2) is 9.97 Å². The lowest BCUT2D eigenvalue weighted by molar-refractivity contribution is 0.0904. The maximum atomic E-state index is 10.8. The lowest BCUT2D eigenvalue weighted by Gasteiger charge is -2.23. The number of hydrogen-bond acceptors (Lipinski definition) is 5. The van der Waals surface area contributed by atoms with Gasteiger partial charge in [0.15, 0.2) is 0 Å². The molecule has 0 saturated carbocycles. The van der Waals surface area contributed by atoms with E-state index in [-0.39, 0.29) is 5.69 Å². The summed E-state index contributed by atoms with van der Waals surface area (Å²) in [6.07, 6.45) is 4.82. The fourth-order valence-electron chi connectivity index (χ4n) is 1.58. The van der Waals surface area contributed by atoms with E-state index < -0.39 is 5.91 Å². The summed E-state index contributed by atoms with van der Waals surface area (Å²) in [6.45, 7) is 1.54. The second-order valence-corrected chi connectivity index (χ2v) is 3.68. The highest BCUT2D eigenvalue weighted by molar-refractivity contribution is 5.90. The summed E-state index contributed by atoms with van der Waals surface area (Å²) in [6, 6.07) is 0.363. The average Bonchev–Trinajstić information content (AvgIpc) is 2.31. The number of nitrogens with two attached hydrogens (primary N) is 1. The Hall–Kier alpha value is -1.69. The fraction of sp³-hybridized carbons (Fsp3) is 0.500. The van der Waals surface area contributed by atoms with Crippen LogP contribution in [-0.4, -0.2) is 35.1 Å². The van der Waals surface area contributed by atoms with Gasteiger partial charge in [0.25, 0.3) is 5.91 Å². The number of anilines is 1. The number of primary amides is 1. The molecule has 1 aliphatic rings. The van der Waals surface area contributed by atoms with Gasteiger partial charge in [-0.05, 0) is 12.8 Å². The second-order valence-electron chi connectivity index (χ2n) is 3.68. The van der Waals surface area contributed by atoms with Crippen molar-refractivity contribution in [3.8, 4) is 0 Å². The summed E-state index contributed by atoms with van der Waals surface area (Å²) in [4.78, 5) is 18.8. The molecule has 0 atom stereocenters. The van der Waals surface area contributed by atoms with Crippen molar-refractivity contribution in [2.45, 2.75) is 18.9 Å². The minimum Gasteiger partial charge on any atom is -0.381 e. The molecule has 1 aromatic heterocycles. The van der Waals surface area contributed by atoms with Crippen molar-refractivity contribution in [3.63, 3.8) is 0 Å². The number of ether oxygens (including phenoxy) is 1. The molecule has 1 saturated heterocycles. The quantitative estimate of drug-likeness (QED) is 0.760. The van der Waals surface area contributed by atoms with Crippen molar-refractivity contribution in [1.82, 2.24) is 9.97 Å². The molecule has 16 heavy (non-hydrogen) atoms. The Kier molecular flexibility index (Phi) is 3.31. The Balaban J connectivity index is 1.96. The molecule has 2 heterocycles. The highest BCUT2D eigenvalue weighted by Gasteiger charge is 2.14. The smallest absolute Gasteiger partial charge is 0.268 e. The van der Waals surface area contributed by atoms with Crippen LogP contribution in [0.4, 0.5) is 5.82 Å². The zero-order chi connectivity index (χ0) is 11.4. The number of carbonyl (C=O) groups is 1. The Morgan fingerprint density at radius 2 is 2.12 bits per heavy atom. The van der Waals surface area contributed by atoms with Gasteiger partial charge in [-0.3, -0.25) is 4.79 Å². The number of nitrogens with zero attached hydrogens (tertiary/aromatic N) is 2. The van der Waals surface area contributed by atoms with Gasteiger partial charge in [0.1, 0.15) is 11.5 Å². The molecule has 0 aromatic carbocycles. The molecular formula is C10H14N4O2. The van der Waals surface area contributed by atoms with Crippen LogP contribution in [0, 0.1) is 0 Å². The number of hydrogen-bond donors (Lipinski definition) is 2. The number of rotatable bonds is 3. The van der Waals surface area contributed by atoms with Gasteiger partial charge < -0.3 is 15.8 Å². The van der Waals surface area contributed by atoms with E-state index in [1.165, 1.54) is 12.4 Å². The molecule has 0 radical (unpaired) electrons. The summed E-state index contributed by atoms with van der Waals surface area (Å²) < 4.78 is 5.25. The van der Waals surface area contributed by atoms with Crippen LogP contribution in [0.3, 0.4) is 0 Å². The highest BCUT2D eigenvalue weighted by atomic mass is 16.5. The SMILES string of the molecule is NC(=O)c1cnc(NC2CCOCC2)cn1. The standard InChI is InChI=1S/C10H14N4O2/c11-10(15)8-5-13-9(6-12-8)14-7-1-3-16-4-2-7/h5-7H,1-4H2,(H2,11,15)(H,13,14). The first-order chi connectivity index (χ1) is 7.75. The third kappa shape index (κ3) is 2.66. The number of carbonyl (C=O) groups excluding carboxylic acids is 1. The van der Waals surface area contributed by atoms with Gasteiger partial charge >= 0.3 is 0 Å². The Morgan fingerprint density at radius 1 is 1.38 bits per heavy atom. The molecule has 1 amide bonds. The molecule has 6 heteroatoms. The summed E-state index contributed by atoms with van der Waals surface area (Å²) in [7, 11) is 0. The zero-order valence-electron chi connectivity index (χ0n) is 8.85. The summed E-state index contributed by atoms with van der Waals surface area (Å²) in [5.74, 6) is 0.0991. The zero-order valence-corrected chi connectivity index (χ0v) is 8.85. The van der Waals surface area contributed by atoms with Crippen LogP contribution >= 0.6 is 0 Å². The van der Waals surface area contributed by atoms with Crippen LogP contribution in [0.5, 0.6) is 0 Å². The molecule has 1 aliphatic heterocycles. The molecule has 86 valence electrons. The van der Waals surface area contributed by atoms with Crippen LogP contribution in [-0.2, 0) is 4.74 Å². The van der Waals surface area contributed by atoms with Gasteiger partial charge in [-0.2, -0.15) is 0 Å². The van der Waals surface area contributed by atoms with Crippen molar-refractivity contribution < 1.29 is 9.53 Å². The van der Waals surface area contributed by atoms with E-state index in [4.69, 9.17) is 10.5 Å². The molecule has 3 N–H and O–H groups in total. The summed E-state index contributed by atoms with van der Waals surface area (Å²) >= 11 is 0. The molecule has 0 spiro atoms. The molecule has 1 aromatic rings. The van der Waals surface area contributed by atoms with E-state index in [0.29, 0.717) is 11.9 Å². The molecule has 1 fully saturated rings. The van der Waals surface area contributed by atoms with Gasteiger partial charge in [-0.15, -0.1) is 0 Å². The van der Waals surface area contributed by atoms with Gasteiger partial charge in [-0.1, -0.05) is 0 Å². The van der Waals surface area contributed by atoms with Crippen molar-refractivity contribution in [2.75, 3.05) is 18.5 Å². The molecule has 0 bridgehead atoms. The predicted octanol–water partition coefficient (Wildman–Crippen LogP) is 0.166. The maximum absolute atomic E-state index is 10.8. The first-order valence-corrected chi connectivity index (χ1v) is 5.22. The normalized spacial score (nSPS) is 17.0. The Bertz CT molecular complexity index is 360. The molecule has 0 unspecified atom stereocenters. The lowest BCUT2D eigenvalue weighted by Crippen LogP contribution is -2.28. The molecular weight excluding hydrogens is 208 g/mol. The first-order valence-electron chi connectivity index (χ1n) is 5.22. The van der Waals surface area contributed by atoms with E-state index in [0.717, 1.165) is 26.1 Å². The Labute approximate surface area is 93.2 Å². The van der Waals surface area contributed by atoms with Gasteiger partial charge in [0.05, 0.1) is 12.4 Å². The van der Waals surface area contributed by atoms with E-state index in [1.54, 1.807) is 0 Å². The van der Waals surface area contributed by atoms with E-state index in [9.17, 15) is 4.79 Å². The van der Waals surface area contributed by atoms with E-state index in [2.05, 4.69) is 15.3 Å². The molecule has 2 rings (SSSR count). The van der Waals surface area contributed by atoms with Crippen molar-refractivity contribution in [1.29, 1.82) is 0 Å². The fourth-order valence-corrected chi connectivity index (χ4v) is 1.58. The summed E-state index contributed by atoms with van der Waals surface area (Å²) in [5, 5.41) is 3.24. The van der Waals surface area contributed by atoms with Crippen LogP contribution in [0.1, 0.15) is 23.3 Å². The Morgan fingerprint density at radius 3 is 2.69 bits per heavy atom. The van der Waals surface area contributed by atoms with Crippen molar-refractivity contribution in [3.05, 3.63) is 18.1 Å². The van der Waals surface area contributed by atoms with Crippen LogP contribution < -0.4 is 11.1 Å². The van der Waals surface area contributed by atoms with Gasteiger partial charge in [0.2, 0.25) is 0 Å².